The zero-order valence-electron chi connectivity index (χ0n) is 17.3. The quantitative estimate of drug-likeness (QED) is 0.303. The molecule has 146 valence electrons. The van der Waals surface area contributed by atoms with Crippen molar-refractivity contribution in [2.24, 2.45) is 0 Å². The molecule has 0 aromatic heterocycles. The van der Waals surface area contributed by atoms with Gasteiger partial charge in [-0.05, 0) is 61.1 Å². The molecule has 0 aliphatic carbocycles. The number of nitrogens with zero attached hydrogens (tertiary/aromatic N) is 2. The molecule has 1 aliphatic rings. The van der Waals surface area contributed by atoms with Crippen LogP contribution in [-0.4, -0.2) is 4.70 Å². The predicted octanol–water partition coefficient (Wildman–Crippen LogP) is 7.58. The largest absolute Gasteiger partial charge is 0.493 e. The Bertz CT molecular complexity index is 839. The molecule has 2 heteroatoms. The van der Waals surface area contributed by atoms with Gasteiger partial charge >= 0.3 is 0 Å². The molecule has 0 bridgehead atoms. The topological polar surface area (TPSA) is 25.3 Å². The second-order valence-corrected chi connectivity index (χ2v) is 7.72. The maximum atomic E-state index is 10.7. The van der Waals surface area contributed by atoms with E-state index in [-0.39, 0.29) is 0 Å². The maximum Gasteiger partial charge on any atom is 0.207 e. The van der Waals surface area contributed by atoms with E-state index >= 15 is 0 Å². The van der Waals surface area contributed by atoms with E-state index in [4.69, 9.17) is 0 Å². The average molecular weight is 373 g/mol. The number of hydrogen-bond donors (Lipinski definition) is 0. The van der Waals surface area contributed by atoms with Crippen molar-refractivity contribution in [2.75, 3.05) is 0 Å². The van der Waals surface area contributed by atoms with Gasteiger partial charge in [0, 0.05) is 23.3 Å². The van der Waals surface area contributed by atoms with Crippen LogP contribution in [0.15, 0.2) is 60.7 Å². The number of hydrogen-bond acceptors (Lipinski definition) is 0. The molecule has 0 N–H and O–H groups in total. The summed E-state index contributed by atoms with van der Waals surface area (Å²) in [5, 5.41) is 0. The van der Waals surface area contributed by atoms with Crippen LogP contribution in [-0.2, 0) is 12.8 Å². The van der Waals surface area contributed by atoms with Crippen LogP contribution >= 0.6 is 0 Å². The Hall–Kier alpha value is -2.48. The van der Waals surface area contributed by atoms with E-state index in [1.807, 2.05) is 12.2 Å². The van der Waals surface area contributed by atoms with Crippen LogP contribution in [0, 0.1) is 0 Å². The van der Waals surface area contributed by atoms with Gasteiger partial charge in [-0.15, -0.1) is 0 Å². The molecule has 3 rings (SSSR count). The van der Waals surface area contributed by atoms with Gasteiger partial charge in [0.25, 0.3) is 0 Å². The highest BCUT2D eigenvalue weighted by Crippen LogP contribution is 2.31. The van der Waals surface area contributed by atoms with Gasteiger partial charge in [0.15, 0.2) is 0 Å². The Morgan fingerprint density at radius 2 is 1.07 bits per heavy atom. The van der Waals surface area contributed by atoms with Crippen molar-refractivity contribution in [3.8, 4) is 0 Å². The summed E-state index contributed by atoms with van der Waals surface area (Å²) in [5.74, 6) is 0. The summed E-state index contributed by atoms with van der Waals surface area (Å²) in [6.07, 6.45) is 13.8. The normalized spacial score (nSPS) is 13.6. The molecular formula is C26H32N2. The lowest BCUT2D eigenvalue weighted by atomic mass is 10.0. The first-order chi connectivity index (χ1) is 13.7. The monoisotopic (exact) mass is 372 g/mol. The third-order valence-electron chi connectivity index (χ3n) is 5.49. The molecule has 1 aliphatic heterocycles. The van der Waals surface area contributed by atoms with Crippen LogP contribution in [0.5, 0.6) is 0 Å². The highest BCUT2D eigenvalue weighted by molar-refractivity contribution is 5.74. The number of benzene rings is 2. The Balaban J connectivity index is 1.61. The molecule has 0 amide bonds. The Morgan fingerprint density at radius 1 is 0.607 bits per heavy atom. The Kier molecular flexibility index (Phi) is 7.36. The summed E-state index contributed by atoms with van der Waals surface area (Å²) in [4.78, 5) is 0. The fraction of sp³-hybridized carbons (Fsp3) is 0.385. The lowest BCUT2D eigenvalue weighted by Crippen LogP contribution is -2.01. The fourth-order valence-corrected chi connectivity index (χ4v) is 3.69. The SMILES string of the molecule is CCCCCCc1ccc(C2=CC=C(c3ccc(CCCC)cc3)[N+]2=[N-])cc1. The van der Waals surface area contributed by atoms with E-state index in [1.165, 1.54) is 54.3 Å². The third kappa shape index (κ3) is 5.07. The van der Waals surface area contributed by atoms with E-state index < -0.39 is 0 Å². The van der Waals surface area contributed by atoms with Crippen molar-refractivity contribution in [3.63, 3.8) is 0 Å². The van der Waals surface area contributed by atoms with Crippen LogP contribution in [0.1, 0.15) is 74.6 Å². The lowest BCUT2D eigenvalue weighted by molar-refractivity contribution is -0.344. The summed E-state index contributed by atoms with van der Waals surface area (Å²) in [7, 11) is 0. The second kappa shape index (κ2) is 10.2. The highest BCUT2D eigenvalue weighted by atomic mass is 15.2. The minimum Gasteiger partial charge on any atom is -0.493 e. The lowest BCUT2D eigenvalue weighted by Gasteiger charge is -2.10. The van der Waals surface area contributed by atoms with E-state index in [0.717, 1.165) is 35.4 Å². The molecule has 2 aromatic carbocycles. The van der Waals surface area contributed by atoms with Gasteiger partial charge in [0.1, 0.15) is 0 Å². The zero-order valence-corrected chi connectivity index (χ0v) is 17.3. The standard InChI is InChI=1S/C26H32N2/c1-3-5-7-8-10-22-13-17-24(18-14-22)26-20-19-25(28(26)27)23-15-11-21(12-16-23)9-6-4-2/h11-20H,3-10H2,1-2H3. The second-order valence-electron chi connectivity index (χ2n) is 7.72. The van der Waals surface area contributed by atoms with Crippen LogP contribution in [0.3, 0.4) is 0 Å². The van der Waals surface area contributed by atoms with Crippen molar-refractivity contribution in [1.82, 2.24) is 0 Å². The minimum atomic E-state index is 0.834. The van der Waals surface area contributed by atoms with Crippen LogP contribution in [0.25, 0.3) is 16.9 Å². The number of rotatable bonds is 10. The highest BCUT2D eigenvalue weighted by Gasteiger charge is 2.22. The number of allylic oxidation sites excluding steroid dienone is 2. The van der Waals surface area contributed by atoms with Gasteiger partial charge in [-0.3, -0.25) is 0 Å². The van der Waals surface area contributed by atoms with Crippen molar-refractivity contribution in [1.29, 1.82) is 0 Å². The molecule has 0 fully saturated rings. The molecule has 0 unspecified atom stereocenters. The predicted molar refractivity (Wildman–Crippen MR) is 119 cm³/mol. The molecule has 0 saturated heterocycles. The van der Waals surface area contributed by atoms with Gasteiger partial charge < -0.3 is 5.53 Å². The molecule has 0 radical (unpaired) electrons. The van der Waals surface area contributed by atoms with Crippen molar-refractivity contribution < 1.29 is 4.70 Å². The average Bonchev–Trinajstić information content (AvgIpc) is 3.12. The van der Waals surface area contributed by atoms with Crippen molar-refractivity contribution in [3.05, 3.63) is 88.5 Å². The summed E-state index contributed by atoms with van der Waals surface area (Å²) >= 11 is 0. The van der Waals surface area contributed by atoms with E-state index in [9.17, 15) is 5.53 Å². The molecule has 0 atom stereocenters. The van der Waals surface area contributed by atoms with E-state index in [2.05, 4.69) is 62.4 Å². The maximum absolute atomic E-state index is 10.7. The van der Waals surface area contributed by atoms with Gasteiger partial charge in [-0.1, -0.05) is 63.8 Å². The molecule has 0 saturated carbocycles. The van der Waals surface area contributed by atoms with Gasteiger partial charge in [-0.2, -0.15) is 0 Å². The van der Waals surface area contributed by atoms with E-state index in [0.29, 0.717) is 0 Å². The summed E-state index contributed by atoms with van der Waals surface area (Å²) in [5.41, 5.74) is 17.2. The first-order valence-electron chi connectivity index (χ1n) is 10.8. The van der Waals surface area contributed by atoms with Crippen molar-refractivity contribution in [2.45, 2.75) is 65.2 Å². The fourth-order valence-electron chi connectivity index (χ4n) is 3.69. The Morgan fingerprint density at radius 3 is 1.54 bits per heavy atom. The Labute approximate surface area is 170 Å². The van der Waals surface area contributed by atoms with Gasteiger partial charge in [0.2, 0.25) is 11.4 Å². The summed E-state index contributed by atoms with van der Waals surface area (Å²) in [6.45, 7) is 4.46. The van der Waals surface area contributed by atoms with Crippen molar-refractivity contribution >= 4 is 11.4 Å². The van der Waals surface area contributed by atoms with Crippen LogP contribution in [0.2, 0.25) is 0 Å². The van der Waals surface area contributed by atoms with Crippen LogP contribution < -0.4 is 0 Å². The molecule has 28 heavy (non-hydrogen) atoms. The first-order valence-corrected chi connectivity index (χ1v) is 10.8. The minimum absolute atomic E-state index is 0.834. The number of unbranched alkanes of at least 4 members (excludes halogenated alkanes) is 4. The molecule has 0 spiro atoms. The molecule has 1 heterocycles. The summed E-state index contributed by atoms with van der Waals surface area (Å²) in [6, 6.07) is 17.2. The van der Waals surface area contributed by atoms with E-state index in [1.54, 1.807) is 0 Å². The third-order valence-corrected chi connectivity index (χ3v) is 5.49. The molecular weight excluding hydrogens is 340 g/mol. The van der Waals surface area contributed by atoms with Crippen LogP contribution in [0.4, 0.5) is 0 Å². The van der Waals surface area contributed by atoms with Gasteiger partial charge in [-0.25, -0.2) is 4.70 Å². The number of aryl methyl sites for hydroxylation is 2. The van der Waals surface area contributed by atoms with Gasteiger partial charge in [0.05, 0.1) is 0 Å². The first kappa shape index (κ1) is 20.3. The molecule has 2 aromatic rings. The molecule has 2 nitrogen and oxygen atoms in total. The smallest absolute Gasteiger partial charge is 0.207 e. The zero-order chi connectivity index (χ0) is 19.8. The summed E-state index contributed by atoms with van der Waals surface area (Å²) < 4.78 is 1.32.